The van der Waals surface area contributed by atoms with Crippen molar-refractivity contribution in [2.75, 3.05) is 0 Å². The highest BCUT2D eigenvalue weighted by molar-refractivity contribution is 7.71. The topological polar surface area (TPSA) is 80.9 Å². The zero-order chi connectivity index (χ0) is 18.9. The number of hydrogen-bond donors (Lipinski definition) is 1. The Bertz CT molecular complexity index is 1050. The molecule has 0 atom stereocenters. The molecule has 3 aromatic rings. The Hall–Kier alpha value is -3.20. The van der Waals surface area contributed by atoms with Gasteiger partial charge in [0.15, 0.2) is 0 Å². The third-order valence-corrected chi connectivity index (χ3v) is 4.03. The van der Waals surface area contributed by atoms with E-state index in [1.54, 1.807) is 6.07 Å². The average Bonchev–Trinajstić information content (AvgIpc) is 2.62. The molecule has 0 aliphatic carbocycles. The van der Waals surface area contributed by atoms with Crippen LogP contribution in [0.15, 0.2) is 65.5 Å². The number of nitro benzene ring substituents is 1. The summed E-state index contributed by atoms with van der Waals surface area (Å²) < 4.78 is 30.1. The molecule has 3 rings (SSSR count). The van der Waals surface area contributed by atoms with Crippen molar-refractivity contribution in [2.45, 2.75) is 5.92 Å². The first kappa shape index (κ1) is 17.6. The minimum Gasteiger partial charge on any atom is -0.305 e. The lowest BCUT2D eigenvalue weighted by Crippen LogP contribution is -2.28. The number of non-ortho nitro benzene ring substituents is 1. The maximum atomic E-state index is 14.6. The first-order valence-electron chi connectivity index (χ1n) is 7.36. The first-order chi connectivity index (χ1) is 12.3. The van der Waals surface area contributed by atoms with Crippen molar-refractivity contribution in [1.29, 1.82) is 0 Å². The quantitative estimate of drug-likeness (QED) is 0.425. The fourth-order valence-electron chi connectivity index (χ4n) is 2.44. The van der Waals surface area contributed by atoms with Gasteiger partial charge in [0.25, 0.3) is 5.69 Å². The zero-order valence-corrected chi connectivity index (χ0v) is 13.9. The van der Waals surface area contributed by atoms with Gasteiger partial charge in [0.05, 0.1) is 16.3 Å². The molecule has 1 heterocycles. The zero-order valence-electron chi connectivity index (χ0n) is 13.1. The molecule has 0 unspecified atom stereocenters. The Kier molecular flexibility index (Phi) is 4.47. The summed E-state index contributed by atoms with van der Waals surface area (Å²) in [5, 5.41) is 10.7. The van der Waals surface area contributed by atoms with Crippen LogP contribution in [0.1, 0.15) is 11.3 Å². The van der Waals surface area contributed by atoms with Crippen molar-refractivity contribution >= 4 is 17.9 Å². The second-order valence-electron chi connectivity index (χ2n) is 5.38. The van der Waals surface area contributed by atoms with Crippen molar-refractivity contribution in [3.63, 3.8) is 0 Å². The monoisotopic (exact) mass is 375 g/mol. The number of H-pyrrole nitrogens is 1. The fraction of sp³-hybridized carbons (Fsp3) is 0.0588. The summed E-state index contributed by atoms with van der Waals surface area (Å²) in [5.41, 5.74) is -1.70. The standard InChI is InChI=1S/C17H11F2N3O3S/c18-17(19,11-4-2-1-3-5-11)14-10-15(26)21(16(23)20-14)12-6-8-13(9-7-12)22(24)25/h1-10H,(H,20,23). The smallest absolute Gasteiger partial charge is 0.305 e. The van der Waals surface area contributed by atoms with Crippen LogP contribution in [0.3, 0.4) is 0 Å². The molecule has 0 aliphatic rings. The van der Waals surface area contributed by atoms with Gasteiger partial charge >= 0.3 is 11.6 Å². The molecule has 0 spiro atoms. The van der Waals surface area contributed by atoms with E-state index >= 15 is 0 Å². The molecule has 0 radical (unpaired) electrons. The predicted octanol–water partition coefficient (Wildman–Crippen LogP) is 3.94. The number of halogens is 2. The van der Waals surface area contributed by atoms with E-state index in [-0.39, 0.29) is 21.6 Å². The lowest BCUT2D eigenvalue weighted by atomic mass is 10.1. The highest BCUT2D eigenvalue weighted by atomic mass is 32.1. The number of nitro groups is 1. The van der Waals surface area contributed by atoms with Crippen LogP contribution in [0.4, 0.5) is 14.5 Å². The Labute approximate surface area is 150 Å². The van der Waals surface area contributed by atoms with Gasteiger partial charge in [0.1, 0.15) is 4.64 Å². The van der Waals surface area contributed by atoms with Crippen LogP contribution >= 0.6 is 12.2 Å². The van der Waals surface area contributed by atoms with Gasteiger partial charge in [-0.05, 0) is 18.2 Å². The van der Waals surface area contributed by atoms with Gasteiger partial charge in [-0.3, -0.25) is 14.7 Å². The summed E-state index contributed by atoms with van der Waals surface area (Å²) in [6.07, 6.45) is 0. The van der Waals surface area contributed by atoms with Crippen LogP contribution in [-0.2, 0) is 5.92 Å². The van der Waals surface area contributed by atoms with Gasteiger partial charge in [0, 0.05) is 17.7 Å². The molecule has 0 bridgehead atoms. The molecular formula is C17H11F2N3O3S. The second kappa shape index (κ2) is 6.60. The van der Waals surface area contributed by atoms with E-state index in [0.717, 1.165) is 10.6 Å². The van der Waals surface area contributed by atoms with Crippen LogP contribution in [0.25, 0.3) is 5.69 Å². The van der Waals surface area contributed by atoms with Gasteiger partial charge in [-0.1, -0.05) is 42.5 Å². The number of nitrogens with zero attached hydrogens (tertiary/aromatic N) is 2. The number of aromatic amines is 1. The van der Waals surface area contributed by atoms with Gasteiger partial charge < -0.3 is 4.98 Å². The molecule has 0 aliphatic heterocycles. The number of hydrogen-bond acceptors (Lipinski definition) is 4. The molecule has 26 heavy (non-hydrogen) atoms. The minimum absolute atomic E-state index is 0.145. The summed E-state index contributed by atoms with van der Waals surface area (Å²) >= 11 is 5.09. The maximum Gasteiger partial charge on any atom is 0.331 e. The van der Waals surface area contributed by atoms with E-state index in [1.807, 2.05) is 0 Å². The molecule has 0 amide bonds. The number of aromatic nitrogens is 2. The van der Waals surface area contributed by atoms with Crippen molar-refractivity contribution in [1.82, 2.24) is 9.55 Å². The van der Waals surface area contributed by atoms with Gasteiger partial charge in [-0.15, -0.1) is 0 Å². The van der Waals surface area contributed by atoms with Crippen molar-refractivity contribution < 1.29 is 13.7 Å². The molecular weight excluding hydrogens is 364 g/mol. The van der Waals surface area contributed by atoms with E-state index in [0.29, 0.717) is 0 Å². The van der Waals surface area contributed by atoms with Crippen molar-refractivity contribution in [2.24, 2.45) is 0 Å². The largest absolute Gasteiger partial charge is 0.331 e. The Balaban J connectivity index is 2.08. The van der Waals surface area contributed by atoms with Gasteiger partial charge in [-0.25, -0.2) is 4.79 Å². The molecule has 0 saturated heterocycles. The minimum atomic E-state index is -3.43. The lowest BCUT2D eigenvalue weighted by Gasteiger charge is -2.17. The van der Waals surface area contributed by atoms with Crippen LogP contribution in [0.5, 0.6) is 0 Å². The SMILES string of the molecule is O=c1[nH]c(C(F)(F)c2ccccc2)cc(=S)n1-c1ccc([N+](=O)[O-])cc1. The average molecular weight is 375 g/mol. The summed E-state index contributed by atoms with van der Waals surface area (Å²) in [6, 6.07) is 13.1. The molecule has 1 aromatic heterocycles. The maximum absolute atomic E-state index is 14.6. The van der Waals surface area contributed by atoms with E-state index in [9.17, 15) is 23.7 Å². The Morgan fingerprint density at radius 3 is 2.23 bits per heavy atom. The van der Waals surface area contributed by atoms with E-state index in [1.165, 1.54) is 48.5 Å². The number of rotatable bonds is 4. The highest BCUT2D eigenvalue weighted by Crippen LogP contribution is 2.33. The van der Waals surface area contributed by atoms with Crippen LogP contribution in [0, 0.1) is 14.8 Å². The predicted molar refractivity (Wildman–Crippen MR) is 93.3 cm³/mol. The first-order valence-corrected chi connectivity index (χ1v) is 7.76. The normalized spacial score (nSPS) is 11.3. The van der Waals surface area contributed by atoms with E-state index in [4.69, 9.17) is 12.2 Å². The molecule has 0 fully saturated rings. The highest BCUT2D eigenvalue weighted by Gasteiger charge is 2.35. The van der Waals surface area contributed by atoms with Crippen molar-refractivity contribution in [3.05, 3.63) is 97.2 Å². The lowest BCUT2D eigenvalue weighted by molar-refractivity contribution is -0.384. The summed E-state index contributed by atoms with van der Waals surface area (Å²) in [4.78, 5) is 24.6. The molecule has 9 heteroatoms. The van der Waals surface area contributed by atoms with Crippen LogP contribution in [0.2, 0.25) is 0 Å². The summed E-state index contributed by atoms with van der Waals surface area (Å²) in [7, 11) is 0. The van der Waals surface area contributed by atoms with E-state index < -0.39 is 22.2 Å². The third-order valence-electron chi connectivity index (χ3n) is 3.73. The Morgan fingerprint density at radius 1 is 1.08 bits per heavy atom. The fourth-order valence-corrected chi connectivity index (χ4v) is 2.74. The Morgan fingerprint density at radius 2 is 1.69 bits per heavy atom. The molecule has 132 valence electrons. The number of benzene rings is 2. The van der Waals surface area contributed by atoms with Gasteiger partial charge in [0.2, 0.25) is 0 Å². The van der Waals surface area contributed by atoms with Gasteiger partial charge in [-0.2, -0.15) is 8.78 Å². The van der Waals surface area contributed by atoms with E-state index in [2.05, 4.69) is 4.98 Å². The van der Waals surface area contributed by atoms with Crippen molar-refractivity contribution in [3.8, 4) is 5.69 Å². The van der Waals surface area contributed by atoms with Crippen LogP contribution in [-0.4, -0.2) is 14.5 Å². The molecule has 0 saturated carbocycles. The third kappa shape index (κ3) is 3.16. The number of nitrogens with one attached hydrogen (secondary N) is 1. The number of alkyl halides is 2. The molecule has 1 N–H and O–H groups in total. The molecule has 2 aromatic carbocycles. The molecule has 6 nitrogen and oxygen atoms in total. The van der Waals surface area contributed by atoms with Crippen LogP contribution < -0.4 is 5.69 Å². The second-order valence-corrected chi connectivity index (χ2v) is 5.79. The summed E-state index contributed by atoms with van der Waals surface area (Å²) in [5.74, 6) is -3.43. The summed E-state index contributed by atoms with van der Waals surface area (Å²) in [6.45, 7) is 0.